The summed E-state index contributed by atoms with van der Waals surface area (Å²) >= 11 is 0. The Labute approximate surface area is 253 Å². The SMILES string of the molecule is NCCCC[C@H](N)C(=O)N[C@@H](CO)C(=O)N[C@@H](CCC(N)=O)C(=O)NCC(=O)NCC(=O)N[C@@H](CO)C(=O)NCCC(N)=O. The molecule has 0 aromatic rings. The lowest BCUT2D eigenvalue weighted by molar-refractivity contribution is -0.134. The lowest BCUT2D eigenvalue weighted by Crippen LogP contribution is -2.57. The third kappa shape index (κ3) is 17.5. The summed E-state index contributed by atoms with van der Waals surface area (Å²) in [6.07, 6.45) is 0.702. The van der Waals surface area contributed by atoms with Crippen LogP contribution in [0.1, 0.15) is 38.5 Å². The quantitative estimate of drug-likeness (QED) is 0.0467. The Morgan fingerprint density at radius 1 is 0.591 bits per heavy atom. The molecule has 0 rings (SSSR count). The van der Waals surface area contributed by atoms with E-state index in [1.807, 2.05) is 0 Å². The number of amides is 8. The number of rotatable bonds is 23. The molecule has 0 aromatic heterocycles. The first-order valence-corrected chi connectivity index (χ1v) is 13.7. The van der Waals surface area contributed by atoms with Crippen LogP contribution in [-0.2, 0) is 38.4 Å². The van der Waals surface area contributed by atoms with Crippen molar-refractivity contribution in [1.82, 2.24) is 31.9 Å². The van der Waals surface area contributed by atoms with Crippen molar-refractivity contribution in [2.24, 2.45) is 22.9 Å². The Hall–Kier alpha value is -4.40. The van der Waals surface area contributed by atoms with Crippen molar-refractivity contribution in [3.05, 3.63) is 0 Å². The molecule has 0 bridgehead atoms. The molecule has 0 saturated carbocycles. The van der Waals surface area contributed by atoms with Gasteiger partial charge in [-0.15, -0.1) is 0 Å². The van der Waals surface area contributed by atoms with Crippen molar-refractivity contribution in [2.75, 3.05) is 39.4 Å². The highest BCUT2D eigenvalue weighted by Crippen LogP contribution is 2.01. The summed E-state index contributed by atoms with van der Waals surface area (Å²) in [4.78, 5) is 95.8. The Bertz CT molecular complexity index is 1010. The largest absolute Gasteiger partial charge is 0.394 e. The molecule has 0 spiro atoms. The zero-order valence-corrected chi connectivity index (χ0v) is 24.3. The maximum Gasteiger partial charge on any atom is 0.245 e. The van der Waals surface area contributed by atoms with E-state index in [1.54, 1.807) is 0 Å². The first-order valence-electron chi connectivity index (χ1n) is 13.7. The standard InChI is InChI=1S/C24H44N10O10/c25-7-2-1-3-13(26)21(41)34-16(12-36)24(44)33-14(4-5-17(27)37)22(42)31-9-19(39)30-10-20(40)32-15(11-35)23(43)29-8-6-18(28)38/h13-16,35-36H,1-12,25-26H2,(H2,27,37)(H2,28,38)(H,29,43)(H,30,39)(H,31,42)(H,32,40)(H,33,44)(H,34,41)/t13-,14-,15-,16-/m0/s1. The summed E-state index contributed by atoms with van der Waals surface area (Å²) in [5.74, 6) is -6.59. The van der Waals surface area contributed by atoms with E-state index in [0.29, 0.717) is 19.4 Å². The van der Waals surface area contributed by atoms with Gasteiger partial charge < -0.3 is 65.0 Å². The van der Waals surface area contributed by atoms with Crippen molar-refractivity contribution >= 4 is 47.3 Å². The van der Waals surface area contributed by atoms with Gasteiger partial charge in [-0.1, -0.05) is 6.42 Å². The number of aliphatic hydroxyl groups is 2. The molecule has 0 aliphatic carbocycles. The zero-order valence-electron chi connectivity index (χ0n) is 24.3. The third-order valence-corrected chi connectivity index (χ3v) is 5.81. The number of primary amides is 2. The molecule has 20 nitrogen and oxygen atoms in total. The van der Waals surface area contributed by atoms with Gasteiger partial charge in [0.15, 0.2) is 0 Å². The van der Waals surface area contributed by atoms with Gasteiger partial charge in [0.1, 0.15) is 18.1 Å². The zero-order chi connectivity index (χ0) is 33.7. The number of carbonyl (C=O) groups is 8. The second-order valence-corrected chi connectivity index (χ2v) is 9.51. The third-order valence-electron chi connectivity index (χ3n) is 5.81. The predicted octanol–water partition coefficient (Wildman–Crippen LogP) is -7.63. The molecule has 0 fully saturated rings. The van der Waals surface area contributed by atoms with Gasteiger partial charge in [0, 0.05) is 19.4 Å². The van der Waals surface area contributed by atoms with E-state index in [2.05, 4.69) is 31.9 Å². The lowest BCUT2D eigenvalue weighted by Gasteiger charge is -2.23. The minimum absolute atomic E-state index is 0.114. The van der Waals surface area contributed by atoms with Crippen molar-refractivity contribution in [2.45, 2.75) is 62.7 Å². The molecule has 16 N–H and O–H groups in total. The minimum Gasteiger partial charge on any atom is -0.394 e. The Morgan fingerprint density at radius 2 is 1.14 bits per heavy atom. The van der Waals surface area contributed by atoms with Crippen molar-refractivity contribution < 1.29 is 48.6 Å². The summed E-state index contributed by atoms with van der Waals surface area (Å²) in [7, 11) is 0. The van der Waals surface area contributed by atoms with Gasteiger partial charge in [-0.05, 0) is 25.8 Å². The van der Waals surface area contributed by atoms with Gasteiger partial charge in [0.05, 0.1) is 32.3 Å². The highest BCUT2D eigenvalue weighted by Gasteiger charge is 2.28. The van der Waals surface area contributed by atoms with E-state index in [1.165, 1.54) is 0 Å². The molecule has 0 aliphatic heterocycles. The monoisotopic (exact) mass is 632 g/mol. The fourth-order valence-electron chi connectivity index (χ4n) is 3.34. The van der Waals surface area contributed by atoms with Crippen LogP contribution in [0.4, 0.5) is 0 Å². The molecule has 20 heteroatoms. The molecule has 0 aliphatic rings. The topological polar surface area (TPSA) is 353 Å². The van der Waals surface area contributed by atoms with Crippen LogP contribution in [0.5, 0.6) is 0 Å². The molecule has 0 radical (unpaired) electrons. The van der Waals surface area contributed by atoms with Crippen molar-refractivity contribution in [3.63, 3.8) is 0 Å². The van der Waals surface area contributed by atoms with Gasteiger partial charge in [-0.3, -0.25) is 38.4 Å². The lowest BCUT2D eigenvalue weighted by atomic mass is 10.1. The fraction of sp³-hybridized carbons (Fsp3) is 0.667. The van der Waals surface area contributed by atoms with Crippen LogP contribution in [0.3, 0.4) is 0 Å². The summed E-state index contributed by atoms with van der Waals surface area (Å²) in [6, 6.07) is -5.24. The Kier molecular flexibility index (Phi) is 20.0. The summed E-state index contributed by atoms with van der Waals surface area (Å²) < 4.78 is 0. The van der Waals surface area contributed by atoms with E-state index in [-0.39, 0.29) is 32.2 Å². The molecule has 0 heterocycles. The highest BCUT2D eigenvalue weighted by molar-refractivity contribution is 5.95. The molecule has 0 saturated heterocycles. The van der Waals surface area contributed by atoms with Crippen LogP contribution < -0.4 is 54.8 Å². The normalized spacial score (nSPS) is 13.3. The first kappa shape index (κ1) is 39.6. The van der Waals surface area contributed by atoms with Crippen LogP contribution in [-0.4, -0.2) is 121 Å². The predicted molar refractivity (Wildman–Crippen MR) is 152 cm³/mol. The average Bonchev–Trinajstić information content (AvgIpc) is 2.97. The summed E-state index contributed by atoms with van der Waals surface area (Å²) in [5, 5.41) is 32.3. The van der Waals surface area contributed by atoms with Crippen LogP contribution in [0, 0.1) is 0 Å². The molecular formula is C24H44N10O10. The maximum absolute atomic E-state index is 12.7. The maximum atomic E-state index is 12.7. The van der Waals surface area contributed by atoms with E-state index in [9.17, 15) is 48.6 Å². The van der Waals surface area contributed by atoms with Gasteiger partial charge in [0.2, 0.25) is 47.3 Å². The summed E-state index contributed by atoms with van der Waals surface area (Å²) in [6.45, 7) is -2.64. The molecule has 4 atom stereocenters. The van der Waals surface area contributed by atoms with Gasteiger partial charge in [-0.2, -0.15) is 0 Å². The number of carbonyl (C=O) groups excluding carboxylic acids is 8. The fourth-order valence-corrected chi connectivity index (χ4v) is 3.34. The second-order valence-electron chi connectivity index (χ2n) is 9.51. The van der Waals surface area contributed by atoms with E-state index in [0.717, 1.165) is 0 Å². The first-order chi connectivity index (χ1) is 20.7. The molecule has 8 amide bonds. The molecule has 44 heavy (non-hydrogen) atoms. The van der Waals surface area contributed by atoms with Gasteiger partial charge >= 0.3 is 0 Å². The molecule has 0 aromatic carbocycles. The average molecular weight is 633 g/mol. The van der Waals surface area contributed by atoms with E-state index < -0.39 is 97.7 Å². The Morgan fingerprint density at radius 3 is 1.70 bits per heavy atom. The van der Waals surface area contributed by atoms with Crippen LogP contribution in [0.25, 0.3) is 0 Å². The van der Waals surface area contributed by atoms with Gasteiger partial charge in [0.25, 0.3) is 0 Å². The smallest absolute Gasteiger partial charge is 0.245 e. The highest BCUT2D eigenvalue weighted by atomic mass is 16.3. The van der Waals surface area contributed by atoms with Gasteiger partial charge in [-0.25, -0.2) is 0 Å². The molecule has 0 unspecified atom stereocenters. The van der Waals surface area contributed by atoms with Crippen LogP contribution in [0.2, 0.25) is 0 Å². The number of hydrogen-bond acceptors (Lipinski definition) is 12. The number of hydrogen-bond donors (Lipinski definition) is 12. The molecular weight excluding hydrogens is 588 g/mol. The van der Waals surface area contributed by atoms with E-state index in [4.69, 9.17) is 22.9 Å². The van der Waals surface area contributed by atoms with Crippen molar-refractivity contribution in [3.8, 4) is 0 Å². The minimum atomic E-state index is -1.48. The summed E-state index contributed by atoms with van der Waals surface area (Å²) in [5.41, 5.74) is 21.3. The number of nitrogens with two attached hydrogens (primary N) is 4. The Balaban J connectivity index is 4.97. The second kappa shape index (κ2) is 22.2. The van der Waals surface area contributed by atoms with Crippen LogP contribution >= 0.6 is 0 Å². The number of unbranched alkanes of at least 4 members (excludes halogenated alkanes) is 1. The van der Waals surface area contributed by atoms with Crippen molar-refractivity contribution in [1.29, 1.82) is 0 Å². The van der Waals surface area contributed by atoms with Crippen LogP contribution in [0.15, 0.2) is 0 Å². The number of aliphatic hydroxyl groups excluding tert-OH is 2. The van der Waals surface area contributed by atoms with E-state index >= 15 is 0 Å². The molecule has 250 valence electrons. The number of nitrogens with one attached hydrogen (secondary N) is 6.